The van der Waals surface area contributed by atoms with Crippen LogP contribution in [0.15, 0.2) is 0 Å². The summed E-state index contributed by atoms with van der Waals surface area (Å²) in [5, 5.41) is 11.3. The molecule has 1 unspecified atom stereocenters. The van der Waals surface area contributed by atoms with Crippen LogP contribution in [0, 0.1) is 0 Å². The highest BCUT2D eigenvalue weighted by atomic mass is 32.2. The van der Waals surface area contributed by atoms with Gasteiger partial charge in [-0.15, -0.1) is 10.2 Å². The SMILES string of the molecule is CN1CCSCC1C(=O)c1nnn(C)n1. The number of rotatable bonds is 2. The normalized spacial score (nSPS) is 22.9. The molecule has 1 saturated heterocycles. The Hall–Kier alpha value is -0.950. The molecular weight excluding hydrogens is 214 g/mol. The van der Waals surface area contributed by atoms with Gasteiger partial charge in [0.15, 0.2) is 0 Å². The first-order chi connectivity index (χ1) is 7.18. The lowest BCUT2D eigenvalue weighted by Crippen LogP contribution is -2.45. The summed E-state index contributed by atoms with van der Waals surface area (Å²) in [6.45, 7) is 0.932. The van der Waals surface area contributed by atoms with E-state index in [0.717, 1.165) is 18.1 Å². The highest BCUT2D eigenvalue weighted by Crippen LogP contribution is 2.16. The number of hydrogen-bond donors (Lipinski definition) is 0. The predicted octanol–water partition coefficient (Wildman–Crippen LogP) is -0.560. The fourth-order valence-corrected chi connectivity index (χ4v) is 2.71. The lowest BCUT2D eigenvalue weighted by Gasteiger charge is -2.29. The molecule has 1 aliphatic rings. The third-order valence-electron chi connectivity index (χ3n) is 2.43. The first-order valence-corrected chi connectivity index (χ1v) is 5.90. The third-order valence-corrected chi connectivity index (χ3v) is 3.45. The molecular formula is C8H13N5OS. The summed E-state index contributed by atoms with van der Waals surface area (Å²) in [5.41, 5.74) is 0. The molecule has 7 heteroatoms. The molecule has 1 aliphatic heterocycles. The molecule has 1 aromatic rings. The van der Waals surface area contributed by atoms with Gasteiger partial charge in [-0.2, -0.15) is 16.6 Å². The Kier molecular flexibility index (Phi) is 3.01. The number of carbonyl (C=O) groups excluding carboxylic acids is 1. The second kappa shape index (κ2) is 4.28. The van der Waals surface area contributed by atoms with E-state index in [-0.39, 0.29) is 17.6 Å². The number of carbonyl (C=O) groups is 1. The van der Waals surface area contributed by atoms with E-state index in [9.17, 15) is 4.79 Å². The molecule has 15 heavy (non-hydrogen) atoms. The summed E-state index contributed by atoms with van der Waals surface area (Å²) in [7, 11) is 3.61. The van der Waals surface area contributed by atoms with Gasteiger partial charge in [0.25, 0.3) is 0 Å². The van der Waals surface area contributed by atoms with Crippen molar-refractivity contribution in [2.24, 2.45) is 7.05 Å². The molecule has 1 aromatic heterocycles. The van der Waals surface area contributed by atoms with E-state index in [1.54, 1.807) is 18.8 Å². The van der Waals surface area contributed by atoms with E-state index >= 15 is 0 Å². The standard InChI is InChI=1S/C8H13N5OS/c1-12-3-4-15-5-6(12)7(14)8-9-11-13(2)10-8/h6H,3-5H2,1-2H3. The molecule has 1 atom stereocenters. The maximum absolute atomic E-state index is 12.0. The second-order valence-electron chi connectivity index (χ2n) is 3.54. The molecule has 1 fully saturated rings. The molecule has 0 spiro atoms. The molecule has 82 valence electrons. The van der Waals surface area contributed by atoms with Crippen LogP contribution in [-0.4, -0.2) is 62.0 Å². The number of hydrogen-bond acceptors (Lipinski definition) is 6. The molecule has 0 N–H and O–H groups in total. The van der Waals surface area contributed by atoms with Crippen molar-refractivity contribution < 1.29 is 4.79 Å². The Morgan fingerprint density at radius 3 is 2.93 bits per heavy atom. The van der Waals surface area contributed by atoms with E-state index in [2.05, 4.69) is 20.3 Å². The molecule has 0 bridgehead atoms. The highest BCUT2D eigenvalue weighted by molar-refractivity contribution is 7.99. The predicted molar refractivity (Wildman–Crippen MR) is 56.9 cm³/mol. The molecule has 0 saturated carbocycles. The highest BCUT2D eigenvalue weighted by Gasteiger charge is 2.29. The number of likely N-dealkylation sites (N-methyl/N-ethyl adjacent to an activating group) is 1. The van der Waals surface area contributed by atoms with E-state index in [4.69, 9.17) is 0 Å². The van der Waals surface area contributed by atoms with E-state index in [0.29, 0.717) is 0 Å². The Bertz CT molecular complexity index is 366. The lowest BCUT2D eigenvalue weighted by atomic mass is 10.2. The zero-order valence-electron chi connectivity index (χ0n) is 8.75. The number of Topliss-reactive ketones (excluding diaryl/α,β-unsaturated/α-hetero) is 1. The smallest absolute Gasteiger partial charge is 0.242 e. The topological polar surface area (TPSA) is 63.9 Å². The van der Waals surface area contributed by atoms with Gasteiger partial charge in [0.1, 0.15) is 0 Å². The Balaban J connectivity index is 2.13. The number of thioether (sulfide) groups is 1. The fraction of sp³-hybridized carbons (Fsp3) is 0.750. The first kappa shape index (κ1) is 10.6. The Morgan fingerprint density at radius 2 is 2.33 bits per heavy atom. The van der Waals surface area contributed by atoms with E-state index < -0.39 is 0 Å². The Morgan fingerprint density at radius 1 is 1.53 bits per heavy atom. The van der Waals surface area contributed by atoms with Crippen molar-refractivity contribution in [2.75, 3.05) is 25.1 Å². The minimum atomic E-state index is -0.104. The number of ketones is 1. The second-order valence-corrected chi connectivity index (χ2v) is 4.69. The summed E-state index contributed by atoms with van der Waals surface area (Å²) in [5.74, 6) is 2.08. The maximum atomic E-state index is 12.0. The minimum Gasteiger partial charge on any atom is -0.295 e. The van der Waals surface area contributed by atoms with Crippen LogP contribution >= 0.6 is 11.8 Å². The van der Waals surface area contributed by atoms with Crippen molar-refractivity contribution in [1.29, 1.82) is 0 Å². The van der Waals surface area contributed by atoms with Gasteiger partial charge < -0.3 is 0 Å². The van der Waals surface area contributed by atoms with Gasteiger partial charge in [-0.25, -0.2) is 0 Å². The average molecular weight is 227 g/mol. The van der Waals surface area contributed by atoms with Gasteiger partial charge in [0.05, 0.1) is 13.1 Å². The van der Waals surface area contributed by atoms with Crippen molar-refractivity contribution >= 4 is 17.5 Å². The van der Waals surface area contributed by atoms with Crippen molar-refractivity contribution in [3.05, 3.63) is 5.82 Å². The first-order valence-electron chi connectivity index (χ1n) is 4.74. The van der Waals surface area contributed by atoms with E-state index in [1.165, 1.54) is 4.80 Å². The van der Waals surface area contributed by atoms with Crippen LogP contribution in [0.3, 0.4) is 0 Å². The zero-order valence-corrected chi connectivity index (χ0v) is 9.57. The summed E-state index contributed by atoms with van der Waals surface area (Å²) in [4.78, 5) is 15.3. The quantitative estimate of drug-likeness (QED) is 0.631. The van der Waals surface area contributed by atoms with Gasteiger partial charge in [0, 0.05) is 18.1 Å². The van der Waals surface area contributed by atoms with Crippen LogP contribution in [0.5, 0.6) is 0 Å². The monoisotopic (exact) mass is 227 g/mol. The summed E-state index contributed by atoms with van der Waals surface area (Å²) >= 11 is 1.79. The van der Waals surface area contributed by atoms with Crippen LogP contribution in [0.25, 0.3) is 0 Å². The number of aryl methyl sites for hydroxylation is 1. The van der Waals surface area contributed by atoms with Gasteiger partial charge in [-0.3, -0.25) is 9.69 Å². The third kappa shape index (κ3) is 2.18. The van der Waals surface area contributed by atoms with Gasteiger partial charge in [0.2, 0.25) is 11.6 Å². The van der Waals surface area contributed by atoms with Crippen molar-refractivity contribution in [3.8, 4) is 0 Å². The lowest BCUT2D eigenvalue weighted by molar-refractivity contribution is 0.0863. The Labute approximate surface area is 92.0 Å². The molecule has 0 aliphatic carbocycles. The van der Waals surface area contributed by atoms with Crippen LogP contribution in [0.2, 0.25) is 0 Å². The molecule has 0 amide bonds. The van der Waals surface area contributed by atoms with E-state index in [1.807, 2.05) is 7.05 Å². The van der Waals surface area contributed by atoms with Crippen molar-refractivity contribution in [1.82, 2.24) is 25.1 Å². The van der Waals surface area contributed by atoms with Crippen LogP contribution in [0.1, 0.15) is 10.6 Å². The van der Waals surface area contributed by atoms with Gasteiger partial charge >= 0.3 is 0 Å². The average Bonchev–Trinajstić information content (AvgIpc) is 2.65. The molecule has 6 nitrogen and oxygen atoms in total. The fourth-order valence-electron chi connectivity index (χ4n) is 1.49. The minimum absolute atomic E-state index is 0.0298. The molecule has 2 heterocycles. The number of tetrazole rings is 1. The van der Waals surface area contributed by atoms with Crippen LogP contribution in [0.4, 0.5) is 0 Å². The van der Waals surface area contributed by atoms with Crippen molar-refractivity contribution in [3.63, 3.8) is 0 Å². The number of aromatic nitrogens is 4. The summed E-state index contributed by atoms with van der Waals surface area (Å²) < 4.78 is 0. The van der Waals surface area contributed by atoms with Crippen molar-refractivity contribution in [2.45, 2.75) is 6.04 Å². The van der Waals surface area contributed by atoms with Gasteiger partial charge in [-0.05, 0) is 12.3 Å². The molecule has 0 aromatic carbocycles. The maximum Gasteiger partial charge on any atom is 0.242 e. The number of nitrogens with zero attached hydrogens (tertiary/aromatic N) is 5. The summed E-state index contributed by atoms with van der Waals surface area (Å²) in [6, 6.07) is -0.104. The summed E-state index contributed by atoms with van der Waals surface area (Å²) in [6.07, 6.45) is 0. The zero-order chi connectivity index (χ0) is 10.8. The van der Waals surface area contributed by atoms with Crippen LogP contribution in [-0.2, 0) is 7.05 Å². The molecule has 0 radical (unpaired) electrons. The molecule has 2 rings (SSSR count). The van der Waals surface area contributed by atoms with Crippen LogP contribution < -0.4 is 0 Å². The van der Waals surface area contributed by atoms with Gasteiger partial charge in [-0.1, -0.05) is 0 Å². The largest absolute Gasteiger partial charge is 0.295 e.